The van der Waals surface area contributed by atoms with Gasteiger partial charge in [-0.05, 0) is 51.4 Å². The van der Waals surface area contributed by atoms with Crippen molar-refractivity contribution in [2.45, 2.75) is 45.6 Å². The van der Waals surface area contributed by atoms with Crippen LogP contribution >= 0.6 is 0 Å². The SMILES string of the molecule is CC(C)(C)OC(=O)NCC12CCC1C(C=O)C2. The van der Waals surface area contributed by atoms with Gasteiger partial charge in [-0.3, -0.25) is 0 Å². The zero-order valence-electron chi connectivity index (χ0n) is 10.8. The molecule has 2 aliphatic rings. The molecule has 2 fully saturated rings. The van der Waals surface area contributed by atoms with Crippen molar-refractivity contribution in [2.24, 2.45) is 17.3 Å². The average molecular weight is 239 g/mol. The summed E-state index contributed by atoms with van der Waals surface area (Å²) in [4.78, 5) is 22.3. The van der Waals surface area contributed by atoms with Crippen molar-refractivity contribution in [3.8, 4) is 0 Å². The lowest BCUT2D eigenvalue weighted by molar-refractivity contribution is -0.149. The number of hydrogen-bond donors (Lipinski definition) is 1. The summed E-state index contributed by atoms with van der Waals surface area (Å²) < 4.78 is 5.19. The molecule has 0 heterocycles. The van der Waals surface area contributed by atoms with Crippen molar-refractivity contribution in [2.75, 3.05) is 6.54 Å². The molecule has 4 nitrogen and oxygen atoms in total. The Hall–Kier alpha value is -1.06. The van der Waals surface area contributed by atoms with Crippen LogP contribution in [0, 0.1) is 17.3 Å². The molecule has 4 heteroatoms. The highest BCUT2D eigenvalue weighted by Gasteiger charge is 2.59. The second-order valence-electron chi connectivity index (χ2n) is 6.37. The molecule has 0 aromatic rings. The summed E-state index contributed by atoms with van der Waals surface area (Å²) in [6.45, 7) is 6.20. The van der Waals surface area contributed by atoms with E-state index in [9.17, 15) is 9.59 Å². The highest BCUT2D eigenvalue weighted by Crippen LogP contribution is 2.63. The topological polar surface area (TPSA) is 55.4 Å². The number of nitrogens with one attached hydrogen (secondary N) is 1. The van der Waals surface area contributed by atoms with Gasteiger partial charge in [-0.25, -0.2) is 4.79 Å². The van der Waals surface area contributed by atoms with Gasteiger partial charge >= 0.3 is 6.09 Å². The Kier molecular flexibility index (Phi) is 2.92. The van der Waals surface area contributed by atoms with E-state index in [4.69, 9.17) is 4.74 Å². The van der Waals surface area contributed by atoms with Crippen LogP contribution in [0.5, 0.6) is 0 Å². The third-order valence-corrected chi connectivity index (χ3v) is 4.06. The van der Waals surface area contributed by atoms with Gasteiger partial charge in [0.2, 0.25) is 0 Å². The predicted octanol–water partition coefficient (Wildman–Crippen LogP) is 2.13. The summed E-state index contributed by atoms with van der Waals surface area (Å²) in [7, 11) is 0. The summed E-state index contributed by atoms with van der Waals surface area (Å²) in [6.07, 6.45) is 3.89. The standard InChI is InChI=1S/C13H21NO3/c1-12(2,3)17-11(16)14-8-13-5-4-10(13)9(6-13)7-15/h7,9-10H,4-6,8H2,1-3H3,(H,14,16). The molecular weight excluding hydrogens is 218 g/mol. The summed E-state index contributed by atoms with van der Waals surface area (Å²) in [5.41, 5.74) is -0.256. The van der Waals surface area contributed by atoms with Crippen molar-refractivity contribution in [1.29, 1.82) is 0 Å². The molecule has 2 saturated carbocycles. The average Bonchev–Trinajstić information content (AvgIpc) is 2.18. The van der Waals surface area contributed by atoms with E-state index in [0.29, 0.717) is 12.5 Å². The largest absolute Gasteiger partial charge is 0.444 e. The van der Waals surface area contributed by atoms with E-state index >= 15 is 0 Å². The molecule has 0 radical (unpaired) electrons. The van der Waals surface area contributed by atoms with Crippen LogP contribution < -0.4 is 5.32 Å². The number of carbonyl (C=O) groups excluding carboxylic acids is 2. The Morgan fingerprint density at radius 1 is 1.53 bits per heavy atom. The monoisotopic (exact) mass is 239 g/mol. The number of aldehydes is 1. The zero-order chi connectivity index (χ0) is 12.7. The molecule has 1 N–H and O–H groups in total. The molecule has 0 spiro atoms. The highest BCUT2D eigenvalue weighted by atomic mass is 16.6. The van der Waals surface area contributed by atoms with Crippen LogP contribution in [-0.4, -0.2) is 24.5 Å². The minimum atomic E-state index is -0.453. The van der Waals surface area contributed by atoms with E-state index in [1.54, 1.807) is 0 Å². The molecule has 0 aromatic heterocycles. The van der Waals surface area contributed by atoms with Crippen LogP contribution in [0.2, 0.25) is 0 Å². The third kappa shape index (κ3) is 2.31. The molecule has 0 bridgehead atoms. The van der Waals surface area contributed by atoms with Gasteiger partial charge in [-0.2, -0.15) is 0 Å². The first-order chi connectivity index (χ1) is 7.86. The third-order valence-electron chi connectivity index (χ3n) is 4.06. The second-order valence-corrected chi connectivity index (χ2v) is 6.37. The second kappa shape index (κ2) is 4.00. The van der Waals surface area contributed by atoms with Crippen LogP contribution in [0.3, 0.4) is 0 Å². The fourth-order valence-electron chi connectivity index (χ4n) is 3.09. The zero-order valence-corrected chi connectivity index (χ0v) is 10.8. The first-order valence-electron chi connectivity index (χ1n) is 6.28. The van der Waals surface area contributed by atoms with E-state index in [1.165, 1.54) is 0 Å². The first-order valence-corrected chi connectivity index (χ1v) is 6.28. The van der Waals surface area contributed by atoms with Gasteiger partial charge < -0.3 is 14.8 Å². The molecular formula is C13H21NO3. The number of hydrogen-bond acceptors (Lipinski definition) is 3. The fraction of sp³-hybridized carbons (Fsp3) is 0.846. The lowest BCUT2D eigenvalue weighted by atomic mass is 9.43. The highest BCUT2D eigenvalue weighted by molar-refractivity contribution is 5.68. The molecule has 96 valence electrons. The quantitative estimate of drug-likeness (QED) is 0.767. The smallest absolute Gasteiger partial charge is 0.407 e. The Morgan fingerprint density at radius 3 is 2.65 bits per heavy atom. The van der Waals surface area contributed by atoms with Crippen molar-refractivity contribution in [1.82, 2.24) is 5.32 Å². The predicted molar refractivity (Wildman–Crippen MR) is 63.6 cm³/mol. The molecule has 2 rings (SSSR count). The van der Waals surface area contributed by atoms with E-state index in [-0.39, 0.29) is 17.4 Å². The summed E-state index contributed by atoms with van der Waals surface area (Å²) in [5.74, 6) is 0.721. The molecule has 3 atom stereocenters. The van der Waals surface area contributed by atoms with Gasteiger partial charge in [-0.15, -0.1) is 0 Å². The molecule has 0 aliphatic heterocycles. The van der Waals surface area contributed by atoms with E-state index < -0.39 is 5.60 Å². The molecule has 2 aliphatic carbocycles. The number of ether oxygens (including phenoxy) is 1. The minimum Gasteiger partial charge on any atom is -0.444 e. The van der Waals surface area contributed by atoms with Gasteiger partial charge in [0.15, 0.2) is 0 Å². The Bertz CT molecular complexity index is 334. The van der Waals surface area contributed by atoms with Crippen LogP contribution in [0.15, 0.2) is 0 Å². The number of alkyl carbamates (subject to hydrolysis) is 1. The van der Waals surface area contributed by atoms with Gasteiger partial charge in [0.25, 0.3) is 0 Å². The number of carbonyl (C=O) groups is 2. The van der Waals surface area contributed by atoms with Crippen molar-refractivity contribution < 1.29 is 14.3 Å². The maximum atomic E-state index is 11.5. The fourth-order valence-corrected chi connectivity index (χ4v) is 3.09. The number of amides is 1. The molecule has 0 aromatic carbocycles. The normalized spacial score (nSPS) is 35.0. The van der Waals surface area contributed by atoms with Gasteiger partial charge in [0.1, 0.15) is 11.9 Å². The summed E-state index contributed by atoms with van der Waals surface area (Å²) in [5, 5.41) is 2.83. The van der Waals surface area contributed by atoms with Crippen LogP contribution in [-0.2, 0) is 9.53 Å². The van der Waals surface area contributed by atoms with Crippen molar-refractivity contribution in [3.05, 3.63) is 0 Å². The molecule has 17 heavy (non-hydrogen) atoms. The molecule has 0 saturated heterocycles. The van der Waals surface area contributed by atoms with Gasteiger partial charge in [0.05, 0.1) is 0 Å². The summed E-state index contributed by atoms with van der Waals surface area (Å²) >= 11 is 0. The molecule has 1 amide bonds. The Labute approximate surface area is 102 Å². The lowest BCUT2D eigenvalue weighted by Crippen LogP contribution is -2.61. The van der Waals surface area contributed by atoms with E-state index in [0.717, 1.165) is 25.5 Å². The number of rotatable bonds is 3. The van der Waals surface area contributed by atoms with Crippen LogP contribution in [0.4, 0.5) is 4.79 Å². The maximum absolute atomic E-state index is 11.5. The Balaban J connectivity index is 1.77. The Morgan fingerprint density at radius 2 is 2.24 bits per heavy atom. The van der Waals surface area contributed by atoms with E-state index in [2.05, 4.69) is 5.32 Å². The van der Waals surface area contributed by atoms with E-state index in [1.807, 2.05) is 20.8 Å². The van der Waals surface area contributed by atoms with Crippen molar-refractivity contribution >= 4 is 12.4 Å². The minimum absolute atomic E-state index is 0.197. The van der Waals surface area contributed by atoms with Gasteiger partial charge in [-0.1, -0.05) is 0 Å². The van der Waals surface area contributed by atoms with Crippen LogP contribution in [0.25, 0.3) is 0 Å². The maximum Gasteiger partial charge on any atom is 0.407 e. The van der Waals surface area contributed by atoms with Gasteiger partial charge in [0, 0.05) is 12.5 Å². The first kappa shape index (κ1) is 12.4. The number of fused-ring (bicyclic) bond motifs is 1. The lowest BCUT2D eigenvalue weighted by Gasteiger charge is -2.62. The molecule has 3 unspecified atom stereocenters. The van der Waals surface area contributed by atoms with Crippen LogP contribution in [0.1, 0.15) is 40.0 Å². The summed E-state index contributed by atoms with van der Waals surface area (Å²) in [6, 6.07) is 0. The van der Waals surface area contributed by atoms with Crippen molar-refractivity contribution in [3.63, 3.8) is 0 Å².